The monoisotopic (exact) mass is 375 g/mol. The molecule has 0 saturated carbocycles. The van der Waals surface area contributed by atoms with Crippen LogP contribution in [0, 0.1) is 19.1 Å². The van der Waals surface area contributed by atoms with Gasteiger partial charge in [-0.2, -0.15) is 4.73 Å². The quantitative estimate of drug-likeness (QED) is 0.359. The summed E-state index contributed by atoms with van der Waals surface area (Å²) in [4.78, 5) is 0. The molecule has 142 valence electrons. The van der Waals surface area contributed by atoms with E-state index in [1.165, 1.54) is 18.7 Å². The minimum atomic E-state index is -3.77. The predicted molar refractivity (Wildman–Crippen MR) is 105 cm³/mol. The van der Waals surface area contributed by atoms with Crippen LogP contribution in [0.5, 0.6) is 0 Å². The van der Waals surface area contributed by atoms with E-state index in [0.29, 0.717) is 11.2 Å². The number of aromatic nitrogens is 1. The Hall–Kier alpha value is -1.88. The van der Waals surface area contributed by atoms with Gasteiger partial charge in [-0.3, -0.25) is 0 Å². The lowest BCUT2D eigenvalue weighted by Gasteiger charge is -2.20. The Labute approximate surface area is 157 Å². The number of hydrogen-bond donors (Lipinski definition) is 0. The zero-order chi connectivity index (χ0) is 19.2. The van der Waals surface area contributed by atoms with Crippen LogP contribution in [0.1, 0.15) is 67.4 Å². The lowest BCUT2D eigenvalue weighted by Crippen LogP contribution is -2.35. The molecule has 0 aliphatic carbocycles. The Balaban J connectivity index is 2.40. The number of hydrogen-bond acceptors (Lipinski definition) is 3. The molecule has 0 fully saturated rings. The molecule has 26 heavy (non-hydrogen) atoms. The molecule has 1 aromatic heterocycles. The lowest BCUT2D eigenvalue weighted by atomic mass is 9.99. The van der Waals surface area contributed by atoms with E-state index in [4.69, 9.17) is 0 Å². The number of unbranched alkanes of at least 4 members (excludes halogenated alkanes) is 4. The second kappa shape index (κ2) is 9.17. The minimum Gasteiger partial charge on any atom is -0.618 e. The van der Waals surface area contributed by atoms with E-state index < -0.39 is 15.1 Å². The van der Waals surface area contributed by atoms with Crippen LogP contribution in [0.4, 0.5) is 0 Å². The first-order valence-electron chi connectivity index (χ1n) is 9.37. The van der Waals surface area contributed by atoms with Crippen molar-refractivity contribution in [1.29, 1.82) is 0 Å². The second-order valence-corrected chi connectivity index (χ2v) is 9.04. The van der Waals surface area contributed by atoms with Gasteiger partial charge in [0.25, 0.3) is 0 Å². The van der Waals surface area contributed by atoms with E-state index in [1.807, 2.05) is 32.0 Å². The van der Waals surface area contributed by atoms with Crippen molar-refractivity contribution in [1.82, 2.24) is 0 Å². The van der Waals surface area contributed by atoms with Gasteiger partial charge in [0.1, 0.15) is 0 Å². The van der Waals surface area contributed by atoms with Crippen molar-refractivity contribution in [2.24, 2.45) is 0 Å². The summed E-state index contributed by atoms with van der Waals surface area (Å²) in [5, 5.41) is 11.3. The fourth-order valence-corrected chi connectivity index (χ4v) is 5.23. The molecule has 1 unspecified atom stereocenters. The van der Waals surface area contributed by atoms with Gasteiger partial charge in [-0.25, -0.2) is 8.42 Å². The van der Waals surface area contributed by atoms with Crippen molar-refractivity contribution in [3.63, 3.8) is 0 Å². The molecule has 1 heterocycles. The number of aryl methyl sites for hydroxylation is 2. The summed E-state index contributed by atoms with van der Waals surface area (Å²) < 4.78 is 27.1. The van der Waals surface area contributed by atoms with Crippen molar-refractivity contribution in [3.8, 4) is 0 Å². The van der Waals surface area contributed by atoms with Gasteiger partial charge in [0.05, 0.1) is 5.25 Å². The van der Waals surface area contributed by atoms with Crippen molar-refractivity contribution < 1.29 is 13.1 Å². The summed E-state index contributed by atoms with van der Waals surface area (Å²) in [6, 6.07) is 10.4. The zero-order valence-electron chi connectivity index (χ0n) is 15.9. The van der Waals surface area contributed by atoms with Crippen LogP contribution < -0.4 is 4.73 Å². The normalized spacial score (nSPS) is 12.9. The number of rotatable bonds is 9. The van der Waals surface area contributed by atoms with Crippen molar-refractivity contribution >= 4 is 9.84 Å². The molecule has 0 spiro atoms. The molecule has 0 aliphatic heterocycles. The molecule has 0 radical (unpaired) electrons. The van der Waals surface area contributed by atoms with Crippen molar-refractivity contribution in [3.05, 3.63) is 64.5 Å². The largest absolute Gasteiger partial charge is 0.618 e. The Morgan fingerprint density at radius 2 is 1.77 bits per heavy atom. The molecule has 0 saturated heterocycles. The molecular weight excluding hydrogens is 346 g/mol. The standard InChI is InChI=1S/C21H29NO3S/c1-4-5-6-7-8-11-20(19-16-17(2)13-14-18(19)3)26(24,25)21-12-9-10-15-22(21)23/h9-10,12-16,20H,4-8,11H2,1-3H3. The van der Waals surface area contributed by atoms with Crippen LogP contribution in [0.25, 0.3) is 0 Å². The summed E-state index contributed by atoms with van der Waals surface area (Å²) in [5.74, 6) is 0. The van der Waals surface area contributed by atoms with E-state index >= 15 is 0 Å². The third-order valence-corrected chi connectivity index (χ3v) is 6.94. The molecule has 2 aromatic rings. The van der Waals surface area contributed by atoms with Gasteiger partial charge < -0.3 is 5.21 Å². The second-order valence-electron chi connectivity index (χ2n) is 6.96. The van der Waals surface area contributed by atoms with Crippen LogP contribution in [0.15, 0.2) is 47.6 Å². The molecule has 2 rings (SSSR count). The highest BCUT2D eigenvalue weighted by molar-refractivity contribution is 7.91. The summed E-state index contributed by atoms with van der Waals surface area (Å²) in [6.07, 6.45) is 7.06. The summed E-state index contributed by atoms with van der Waals surface area (Å²) >= 11 is 0. The first-order chi connectivity index (χ1) is 12.4. The SMILES string of the molecule is CCCCCCCC(c1cc(C)ccc1C)S(=O)(=O)c1cccc[n+]1[O-]. The molecular formula is C21H29NO3S. The molecule has 4 nitrogen and oxygen atoms in total. The Morgan fingerprint density at radius 3 is 2.46 bits per heavy atom. The van der Waals surface area contributed by atoms with Crippen LogP contribution in [0.3, 0.4) is 0 Å². The number of benzene rings is 1. The van der Waals surface area contributed by atoms with E-state index in [9.17, 15) is 13.6 Å². The zero-order valence-corrected chi connectivity index (χ0v) is 16.8. The average Bonchev–Trinajstić information content (AvgIpc) is 2.60. The van der Waals surface area contributed by atoms with E-state index in [2.05, 4.69) is 6.92 Å². The molecule has 1 atom stereocenters. The van der Waals surface area contributed by atoms with Gasteiger partial charge >= 0.3 is 5.03 Å². The summed E-state index contributed by atoms with van der Waals surface area (Å²) in [7, 11) is -3.77. The molecule has 0 aliphatic rings. The van der Waals surface area contributed by atoms with Gasteiger partial charge in [-0.1, -0.05) is 62.8 Å². The number of pyridine rings is 1. The first-order valence-corrected chi connectivity index (χ1v) is 10.9. The Morgan fingerprint density at radius 1 is 1.04 bits per heavy atom. The molecule has 0 amide bonds. The smallest absolute Gasteiger partial charge is 0.309 e. The maximum Gasteiger partial charge on any atom is 0.309 e. The maximum atomic E-state index is 13.3. The highest BCUT2D eigenvalue weighted by Gasteiger charge is 2.35. The predicted octanol–water partition coefficient (Wildman–Crippen LogP) is 4.81. The van der Waals surface area contributed by atoms with Crippen LogP contribution >= 0.6 is 0 Å². The van der Waals surface area contributed by atoms with E-state index in [1.54, 1.807) is 12.1 Å². The van der Waals surface area contributed by atoms with Gasteiger partial charge in [0.2, 0.25) is 9.84 Å². The Bertz CT molecular complexity index is 831. The molecule has 1 aromatic carbocycles. The molecule has 5 heteroatoms. The minimum absolute atomic E-state index is 0.167. The van der Waals surface area contributed by atoms with Crippen molar-refractivity contribution in [2.75, 3.05) is 0 Å². The maximum absolute atomic E-state index is 13.3. The topological polar surface area (TPSA) is 61.1 Å². The third-order valence-electron chi connectivity index (χ3n) is 4.81. The van der Waals surface area contributed by atoms with Crippen LogP contribution in [-0.2, 0) is 9.84 Å². The van der Waals surface area contributed by atoms with Gasteiger partial charge in [-0.15, -0.1) is 0 Å². The lowest BCUT2D eigenvalue weighted by molar-refractivity contribution is -0.646. The molecule has 0 bridgehead atoms. The fraction of sp³-hybridized carbons (Fsp3) is 0.476. The average molecular weight is 376 g/mol. The Kier molecular flexibility index (Phi) is 7.21. The van der Waals surface area contributed by atoms with E-state index in [-0.39, 0.29) is 5.03 Å². The summed E-state index contributed by atoms with van der Waals surface area (Å²) in [6.45, 7) is 6.06. The first kappa shape index (κ1) is 20.4. The summed E-state index contributed by atoms with van der Waals surface area (Å²) in [5.41, 5.74) is 2.79. The van der Waals surface area contributed by atoms with Gasteiger partial charge in [0.15, 0.2) is 6.20 Å². The highest BCUT2D eigenvalue weighted by atomic mass is 32.2. The number of sulfone groups is 1. The van der Waals surface area contributed by atoms with Crippen molar-refractivity contribution in [2.45, 2.75) is 69.6 Å². The highest BCUT2D eigenvalue weighted by Crippen LogP contribution is 2.34. The number of nitrogens with zero attached hydrogens (tertiary/aromatic N) is 1. The van der Waals surface area contributed by atoms with Gasteiger partial charge in [0, 0.05) is 12.1 Å². The van der Waals surface area contributed by atoms with E-state index in [0.717, 1.165) is 42.4 Å². The van der Waals surface area contributed by atoms with Crippen LogP contribution in [0.2, 0.25) is 0 Å². The van der Waals surface area contributed by atoms with Gasteiger partial charge in [-0.05, 0) is 37.5 Å². The third kappa shape index (κ3) is 4.85. The van der Waals surface area contributed by atoms with Crippen LogP contribution in [-0.4, -0.2) is 8.42 Å². The molecule has 0 N–H and O–H groups in total. The fourth-order valence-electron chi connectivity index (χ4n) is 3.30.